The van der Waals surface area contributed by atoms with E-state index in [1.165, 1.54) is 6.08 Å². The van der Waals surface area contributed by atoms with Crippen LogP contribution < -0.4 is 16.0 Å². The van der Waals surface area contributed by atoms with Crippen LogP contribution in [0.25, 0.3) is 0 Å². The predicted molar refractivity (Wildman–Crippen MR) is 148 cm³/mol. The second kappa shape index (κ2) is 17.0. The van der Waals surface area contributed by atoms with Crippen LogP contribution in [0.5, 0.6) is 0 Å². The Bertz CT molecular complexity index is 959. The molecule has 0 aliphatic rings. The third-order valence-electron chi connectivity index (χ3n) is 5.88. The minimum Gasteiger partial charge on any atom is -0.462 e. The van der Waals surface area contributed by atoms with Gasteiger partial charge in [0.25, 0.3) is 0 Å². The standard InChI is InChI=1S/C29H43N3O7/c1-7-12-22(16-25(34)30-20(3)17-33)26(35)32-24(29(4,5)6)19-38-27(36)23(13-8-2)31-28(37)39-18-21-14-10-9-11-15-21/h7-11,14-15,20,22-24,33H,1-2,12-13,16-19H2,3-6H3,(H,30,34)(H,31,37)(H,32,35)/t20-,22-,23-,24-/m1/s1. The summed E-state index contributed by atoms with van der Waals surface area (Å²) in [6.07, 6.45) is 2.56. The third-order valence-corrected chi connectivity index (χ3v) is 5.88. The van der Waals surface area contributed by atoms with Crippen LogP contribution in [0.2, 0.25) is 0 Å². The van der Waals surface area contributed by atoms with E-state index in [2.05, 4.69) is 29.1 Å². The van der Waals surface area contributed by atoms with Crippen molar-refractivity contribution in [1.29, 1.82) is 0 Å². The van der Waals surface area contributed by atoms with E-state index in [1.54, 1.807) is 13.0 Å². The smallest absolute Gasteiger partial charge is 0.408 e. The molecule has 0 bridgehead atoms. The molecule has 216 valence electrons. The highest BCUT2D eigenvalue weighted by Gasteiger charge is 2.32. The van der Waals surface area contributed by atoms with Crippen molar-refractivity contribution >= 4 is 23.9 Å². The molecule has 0 aliphatic heterocycles. The molecule has 0 saturated carbocycles. The quantitative estimate of drug-likeness (QED) is 0.185. The molecule has 0 radical (unpaired) electrons. The van der Waals surface area contributed by atoms with Crippen molar-refractivity contribution in [3.63, 3.8) is 0 Å². The molecule has 39 heavy (non-hydrogen) atoms. The van der Waals surface area contributed by atoms with Crippen LogP contribution in [-0.2, 0) is 30.5 Å². The second-order valence-electron chi connectivity index (χ2n) is 10.4. The van der Waals surface area contributed by atoms with Crippen LogP contribution in [-0.4, -0.2) is 60.3 Å². The van der Waals surface area contributed by atoms with E-state index in [1.807, 2.05) is 51.1 Å². The molecule has 0 heterocycles. The lowest BCUT2D eigenvalue weighted by Crippen LogP contribution is -2.50. The summed E-state index contributed by atoms with van der Waals surface area (Å²) in [5.74, 6) is -2.14. The molecule has 4 N–H and O–H groups in total. The number of nitrogens with one attached hydrogen (secondary N) is 3. The fourth-order valence-electron chi connectivity index (χ4n) is 3.44. The van der Waals surface area contributed by atoms with E-state index in [-0.39, 0.29) is 50.9 Å². The number of allylic oxidation sites excluding steroid dienone is 1. The van der Waals surface area contributed by atoms with E-state index < -0.39 is 41.5 Å². The van der Waals surface area contributed by atoms with E-state index in [9.17, 15) is 19.2 Å². The Kier molecular flexibility index (Phi) is 14.6. The molecule has 0 saturated heterocycles. The highest BCUT2D eigenvalue weighted by molar-refractivity contribution is 5.86. The molecule has 3 amide bonds. The molecule has 0 aliphatic carbocycles. The van der Waals surface area contributed by atoms with Gasteiger partial charge in [-0.25, -0.2) is 9.59 Å². The van der Waals surface area contributed by atoms with Gasteiger partial charge in [-0.1, -0.05) is 63.3 Å². The number of rotatable bonds is 16. The summed E-state index contributed by atoms with van der Waals surface area (Å²) < 4.78 is 10.7. The van der Waals surface area contributed by atoms with Gasteiger partial charge in [-0.3, -0.25) is 9.59 Å². The Hall–Kier alpha value is -3.66. The van der Waals surface area contributed by atoms with Crippen molar-refractivity contribution in [3.05, 3.63) is 61.2 Å². The molecule has 0 aromatic heterocycles. The SMILES string of the molecule is C=CC[C@H](CC(=O)N[C@H](C)CO)C(=O)N[C@H](COC(=O)[C@@H](CC=C)NC(=O)OCc1ccccc1)C(C)(C)C. The molecular formula is C29H43N3O7. The van der Waals surface area contributed by atoms with Crippen LogP contribution >= 0.6 is 0 Å². The Morgan fingerprint density at radius 2 is 1.62 bits per heavy atom. The molecular weight excluding hydrogens is 502 g/mol. The van der Waals surface area contributed by atoms with Gasteiger partial charge >= 0.3 is 12.1 Å². The van der Waals surface area contributed by atoms with Crippen molar-refractivity contribution in [2.75, 3.05) is 13.2 Å². The highest BCUT2D eigenvalue weighted by atomic mass is 16.6. The van der Waals surface area contributed by atoms with Crippen molar-refractivity contribution in [2.45, 2.75) is 71.7 Å². The van der Waals surface area contributed by atoms with E-state index in [0.717, 1.165) is 5.56 Å². The highest BCUT2D eigenvalue weighted by Crippen LogP contribution is 2.21. The first-order valence-electron chi connectivity index (χ1n) is 13.0. The number of benzene rings is 1. The predicted octanol–water partition coefficient (Wildman–Crippen LogP) is 3.01. The van der Waals surface area contributed by atoms with Crippen molar-refractivity contribution in [3.8, 4) is 0 Å². The fourth-order valence-corrected chi connectivity index (χ4v) is 3.44. The normalized spacial score (nSPS) is 14.1. The Labute approximate surface area is 231 Å². The van der Waals surface area contributed by atoms with Gasteiger partial charge in [-0.15, -0.1) is 13.2 Å². The maximum Gasteiger partial charge on any atom is 0.408 e. The summed E-state index contributed by atoms with van der Waals surface area (Å²) in [7, 11) is 0. The van der Waals surface area contributed by atoms with Crippen molar-refractivity contribution < 1.29 is 33.8 Å². The number of ether oxygens (including phenoxy) is 2. The lowest BCUT2D eigenvalue weighted by molar-refractivity contribution is -0.148. The Morgan fingerprint density at radius 3 is 2.18 bits per heavy atom. The fraction of sp³-hybridized carbons (Fsp3) is 0.517. The summed E-state index contributed by atoms with van der Waals surface area (Å²) in [5.41, 5.74) is 0.299. The molecule has 1 aromatic carbocycles. The lowest BCUT2D eigenvalue weighted by Gasteiger charge is -2.32. The minimum atomic E-state index is -1.02. The Morgan fingerprint density at radius 1 is 0.974 bits per heavy atom. The number of hydrogen-bond donors (Lipinski definition) is 4. The molecule has 0 spiro atoms. The van der Waals surface area contributed by atoms with Crippen LogP contribution in [0.4, 0.5) is 4.79 Å². The van der Waals surface area contributed by atoms with Gasteiger partial charge in [-0.05, 0) is 30.7 Å². The maximum absolute atomic E-state index is 13.1. The number of esters is 1. The van der Waals surface area contributed by atoms with Gasteiger partial charge in [0, 0.05) is 12.5 Å². The molecule has 4 atom stereocenters. The van der Waals surface area contributed by atoms with Crippen LogP contribution in [0.3, 0.4) is 0 Å². The Balaban J connectivity index is 2.79. The van der Waals surface area contributed by atoms with Gasteiger partial charge in [-0.2, -0.15) is 0 Å². The molecule has 10 nitrogen and oxygen atoms in total. The average molecular weight is 546 g/mol. The number of amides is 3. The van der Waals surface area contributed by atoms with E-state index >= 15 is 0 Å². The number of alkyl carbamates (subject to hydrolysis) is 1. The van der Waals surface area contributed by atoms with E-state index in [0.29, 0.717) is 0 Å². The number of aliphatic hydroxyl groups is 1. The molecule has 10 heteroatoms. The van der Waals surface area contributed by atoms with Crippen LogP contribution in [0.15, 0.2) is 55.6 Å². The molecule has 0 fully saturated rings. The van der Waals surface area contributed by atoms with Crippen LogP contribution in [0.1, 0.15) is 52.5 Å². The molecule has 1 rings (SSSR count). The number of carbonyl (C=O) groups excluding carboxylic acids is 4. The summed E-state index contributed by atoms with van der Waals surface area (Å²) >= 11 is 0. The monoisotopic (exact) mass is 545 g/mol. The van der Waals surface area contributed by atoms with Gasteiger partial charge < -0.3 is 30.5 Å². The second-order valence-corrected chi connectivity index (χ2v) is 10.4. The first-order chi connectivity index (χ1) is 18.4. The average Bonchev–Trinajstić information content (AvgIpc) is 2.88. The van der Waals surface area contributed by atoms with E-state index in [4.69, 9.17) is 14.6 Å². The van der Waals surface area contributed by atoms with Crippen molar-refractivity contribution in [2.24, 2.45) is 11.3 Å². The largest absolute Gasteiger partial charge is 0.462 e. The topological polar surface area (TPSA) is 143 Å². The van der Waals surface area contributed by atoms with Crippen LogP contribution in [0, 0.1) is 11.3 Å². The minimum absolute atomic E-state index is 0.0451. The maximum atomic E-state index is 13.1. The number of hydrogen-bond acceptors (Lipinski definition) is 7. The van der Waals surface area contributed by atoms with Gasteiger partial charge in [0.2, 0.25) is 11.8 Å². The van der Waals surface area contributed by atoms with Crippen molar-refractivity contribution in [1.82, 2.24) is 16.0 Å². The third kappa shape index (κ3) is 13.1. The molecule has 0 unspecified atom stereocenters. The first kappa shape index (κ1) is 33.4. The lowest BCUT2D eigenvalue weighted by atomic mass is 9.86. The summed E-state index contributed by atoms with van der Waals surface area (Å²) in [6, 6.07) is 7.08. The van der Waals surface area contributed by atoms with Gasteiger partial charge in [0.15, 0.2) is 0 Å². The zero-order chi connectivity index (χ0) is 29.4. The number of carbonyl (C=O) groups is 4. The zero-order valence-corrected chi connectivity index (χ0v) is 23.4. The summed E-state index contributed by atoms with van der Waals surface area (Å²) in [4.78, 5) is 50.5. The van der Waals surface area contributed by atoms with Gasteiger partial charge in [0.1, 0.15) is 19.3 Å². The number of aliphatic hydroxyl groups excluding tert-OH is 1. The zero-order valence-electron chi connectivity index (χ0n) is 23.4. The molecule has 1 aromatic rings. The first-order valence-corrected chi connectivity index (χ1v) is 13.0. The summed E-state index contributed by atoms with van der Waals surface area (Å²) in [6.45, 7) is 14.3. The summed E-state index contributed by atoms with van der Waals surface area (Å²) in [5, 5.41) is 17.2. The van der Waals surface area contributed by atoms with Gasteiger partial charge in [0.05, 0.1) is 18.6 Å².